The van der Waals surface area contributed by atoms with Crippen LogP contribution in [-0.4, -0.2) is 19.0 Å². The maximum absolute atomic E-state index is 5.53. The lowest BCUT2D eigenvalue weighted by molar-refractivity contribution is 0.675. The molecule has 0 fully saturated rings. The first-order chi connectivity index (χ1) is 6.43. The molecule has 0 atom stereocenters. The van der Waals surface area contributed by atoms with Crippen molar-refractivity contribution in [2.75, 3.05) is 19.0 Å². The summed E-state index contributed by atoms with van der Waals surface area (Å²) in [7, 11) is 0. The lowest BCUT2D eigenvalue weighted by Crippen LogP contribution is -2.18. The Hall–Kier alpha value is -0.530. The number of rotatable bonds is 6. The van der Waals surface area contributed by atoms with Crippen molar-refractivity contribution in [3.63, 3.8) is 0 Å². The van der Waals surface area contributed by atoms with Gasteiger partial charge in [-0.3, -0.25) is 0 Å². The first kappa shape index (κ1) is 10.6. The molecule has 0 saturated heterocycles. The first-order valence-corrected chi connectivity index (χ1v) is 5.27. The minimum atomic E-state index is 0.700. The summed E-state index contributed by atoms with van der Waals surface area (Å²) in [6.45, 7) is 1.97. The van der Waals surface area contributed by atoms with E-state index in [-0.39, 0.29) is 0 Å². The minimum Gasteiger partial charge on any atom is -0.316 e. The van der Waals surface area contributed by atoms with Gasteiger partial charge in [0.15, 0.2) is 0 Å². The highest BCUT2D eigenvalue weighted by atomic mass is 35.5. The molecule has 13 heavy (non-hydrogen) atoms. The molecular formula is C11H16ClN. The molecule has 0 amide bonds. The first-order valence-electron chi connectivity index (χ1n) is 4.74. The Morgan fingerprint density at radius 2 is 1.85 bits per heavy atom. The van der Waals surface area contributed by atoms with Crippen LogP contribution in [0.5, 0.6) is 0 Å². The van der Waals surface area contributed by atoms with Crippen LogP contribution in [0, 0.1) is 0 Å². The predicted molar refractivity (Wildman–Crippen MR) is 58.4 cm³/mol. The fourth-order valence-corrected chi connectivity index (χ4v) is 1.39. The fraction of sp³-hybridized carbons (Fsp3) is 0.455. The second-order valence-corrected chi connectivity index (χ2v) is 3.41. The van der Waals surface area contributed by atoms with Gasteiger partial charge in [-0.25, -0.2) is 0 Å². The highest BCUT2D eigenvalue weighted by molar-refractivity contribution is 6.18. The maximum Gasteiger partial charge on any atom is 0.0348 e. The molecule has 0 spiro atoms. The zero-order valence-corrected chi connectivity index (χ0v) is 8.56. The van der Waals surface area contributed by atoms with E-state index < -0.39 is 0 Å². The van der Waals surface area contributed by atoms with E-state index in [1.165, 1.54) is 12.0 Å². The number of alkyl halides is 1. The lowest BCUT2D eigenvalue weighted by atomic mass is 10.1. The maximum atomic E-state index is 5.53. The molecule has 2 heteroatoms. The Balaban J connectivity index is 2.07. The quantitative estimate of drug-likeness (QED) is 0.546. The molecule has 0 saturated carbocycles. The summed E-state index contributed by atoms with van der Waals surface area (Å²) >= 11 is 5.53. The molecule has 0 radical (unpaired) electrons. The van der Waals surface area contributed by atoms with Crippen LogP contribution in [0.2, 0.25) is 0 Å². The zero-order valence-electron chi connectivity index (χ0n) is 7.80. The normalized spacial score (nSPS) is 10.2. The van der Waals surface area contributed by atoms with Gasteiger partial charge in [0.1, 0.15) is 0 Å². The third kappa shape index (κ3) is 4.91. The third-order valence-corrected chi connectivity index (χ3v) is 2.12. The number of aryl methyl sites for hydroxylation is 1. The van der Waals surface area contributed by atoms with Crippen molar-refractivity contribution in [1.29, 1.82) is 0 Å². The van der Waals surface area contributed by atoms with Crippen molar-refractivity contribution in [2.45, 2.75) is 12.8 Å². The van der Waals surface area contributed by atoms with Crippen molar-refractivity contribution >= 4 is 11.6 Å². The largest absolute Gasteiger partial charge is 0.316 e. The number of hydrogen-bond acceptors (Lipinski definition) is 1. The number of nitrogens with one attached hydrogen (secondary N) is 1. The summed E-state index contributed by atoms with van der Waals surface area (Å²) in [4.78, 5) is 0. The van der Waals surface area contributed by atoms with E-state index in [1.807, 2.05) is 0 Å². The zero-order chi connectivity index (χ0) is 9.36. The number of hydrogen-bond donors (Lipinski definition) is 1. The van der Waals surface area contributed by atoms with Crippen LogP contribution < -0.4 is 5.32 Å². The highest BCUT2D eigenvalue weighted by Crippen LogP contribution is 2.01. The summed E-state index contributed by atoms with van der Waals surface area (Å²) in [5, 5.41) is 3.27. The minimum absolute atomic E-state index is 0.700. The second kappa shape index (κ2) is 6.93. The van der Waals surface area contributed by atoms with E-state index in [2.05, 4.69) is 35.6 Å². The van der Waals surface area contributed by atoms with Crippen molar-refractivity contribution in [1.82, 2.24) is 5.32 Å². The van der Waals surface area contributed by atoms with E-state index in [0.717, 1.165) is 19.5 Å². The van der Waals surface area contributed by atoms with Crippen molar-refractivity contribution < 1.29 is 0 Å². The summed E-state index contributed by atoms with van der Waals surface area (Å²) in [6.07, 6.45) is 2.33. The van der Waals surface area contributed by atoms with E-state index in [9.17, 15) is 0 Å². The molecule has 0 unspecified atom stereocenters. The molecule has 0 aliphatic heterocycles. The molecular weight excluding hydrogens is 182 g/mol. The Morgan fingerprint density at radius 1 is 1.08 bits per heavy atom. The fourth-order valence-electron chi connectivity index (χ4n) is 1.25. The van der Waals surface area contributed by atoms with E-state index in [1.54, 1.807) is 0 Å². The van der Waals surface area contributed by atoms with Gasteiger partial charge in [0.2, 0.25) is 0 Å². The van der Waals surface area contributed by atoms with Crippen LogP contribution >= 0.6 is 11.6 Å². The van der Waals surface area contributed by atoms with Gasteiger partial charge in [-0.15, -0.1) is 11.6 Å². The van der Waals surface area contributed by atoms with Gasteiger partial charge in [0.05, 0.1) is 0 Å². The average Bonchev–Trinajstić information content (AvgIpc) is 2.19. The van der Waals surface area contributed by atoms with Gasteiger partial charge < -0.3 is 5.32 Å². The summed E-state index contributed by atoms with van der Waals surface area (Å²) < 4.78 is 0. The molecule has 0 bridgehead atoms. The molecule has 1 aromatic rings. The summed E-state index contributed by atoms with van der Waals surface area (Å²) in [6, 6.07) is 10.6. The Kier molecular flexibility index (Phi) is 5.62. The van der Waals surface area contributed by atoms with Crippen LogP contribution in [0.4, 0.5) is 0 Å². The van der Waals surface area contributed by atoms with E-state index >= 15 is 0 Å². The van der Waals surface area contributed by atoms with Gasteiger partial charge >= 0.3 is 0 Å². The Bertz CT molecular complexity index is 211. The van der Waals surface area contributed by atoms with Crippen LogP contribution in [0.25, 0.3) is 0 Å². The molecule has 1 aromatic carbocycles. The van der Waals surface area contributed by atoms with Crippen molar-refractivity contribution in [3.05, 3.63) is 35.9 Å². The van der Waals surface area contributed by atoms with Gasteiger partial charge in [0, 0.05) is 12.4 Å². The SMILES string of the molecule is ClCCNCCCc1ccccc1. The average molecular weight is 198 g/mol. The lowest BCUT2D eigenvalue weighted by Gasteiger charge is -2.02. The standard InChI is InChI=1S/C11H16ClN/c12-8-10-13-9-4-7-11-5-2-1-3-6-11/h1-3,5-6,13H,4,7-10H2. The summed E-state index contributed by atoms with van der Waals surface area (Å²) in [5.74, 6) is 0.700. The van der Waals surface area contributed by atoms with Crippen LogP contribution in [0.3, 0.4) is 0 Å². The van der Waals surface area contributed by atoms with Crippen LogP contribution in [-0.2, 0) is 6.42 Å². The molecule has 72 valence electrons. The predicted octanol–water partition coefficient (Wildman–Crippen LogP) is 2.45. The number of benzene rings is 1. The molecule has 1 nitrogen and oxygen atoms in total. The van der Waals surface area contributed by atoms with Crippen LogP contribution in [0.1, 0.15) is 12.0 Å². The third-order valence-electron chi connectivity index (χ3n) is 1.93. The number of halogens is 1. The van der Waals surface area contributed by atoms with Gasteiger partial charge in [-0.2, -0.15) is 0 Å². The van der Waals surface area contributed by atoms with Gasteiger partial charge in [-0.1, -0.05) is 30.3 Å². The Morgan fingerprint density at radius 3 is 2.54 bits per heavy atom. The smallest absolute Gasteiger partial charge is 0.0348 e. The van der Waals surface area contributed by atoms with Gasteiger partial charge in [0.25, 0.3) is 0 Å². The van der Waals surface area contributed by atoms with E-state index in [4.69, 9.17) is 11.6 Å². The van der Waals surface area contributed by atoms with E-state index in [0.29, 0.717) is 5.88 Å². The molecule has 1 rings (SSSR count). The topological polar surface area (TPSA) is 12.0 Å². The Labute approximate surface area is 85.1 Å². The van der Waals surface area contributed by atoms with Crippen molar-refractivity contribution in [2.24, 2.45) is 0 Å². The molecule has 1 N–H and O–H groups in total. The highest BCUT2D eigenvalue weighted by Gasteiger charge is 1.90. The molecule has 0 aromatic heterocycles. The molecule has 0 aliphatic carbocycles. The van der Waals surface area contributed by atoms with Gasteiger partial charge in [-0.05, 0) is 24.9 Å². The monoisotopic (exact) mass is 197 g/mol. The van der Waals surface area contributed by atoms with Crippen LogP contribution in [0.15, 0.2) is 30.3 Å². The molecule has 0 aliphatic rings. The second-order valence-electron chi connectivity index (χ2n) is 3.03. The molecule has 0 heterocycles. The van der Waals surface area contributed by atoms with Crippen molar-refractivity contribution in [3.8, 4) is 0 Å². The summed E-state index contributed by atoms with van der Waals surface area (Å²) in [5.41, 5.74) is 1.41.